The fraction of sp³-hybridized carbons (Fsp3) is 0.500. The predicted molar refractivity (Wildman–Crippen MR) is 67.5 cm³/mol. The zero-order valence-corrected chi connectivity index (χ0v) is 10.7. The van der Waals surface area contributed by atoms with E-state index in [9.17, 15) is 9.90 Å². The second kappa shape index (κ2) is 6.40. The van der Waals surface area contributed by atoms with Crippen LogP contribution in [0.5, 0.6) is 5.75 Å². The molecule has 0 fully saturated rings. The van der Waals surface area contributed by atoms with Gasteiger partial charge in [0.15, 0.2) is 5.78 Å². The van der Waals surface area contributed by atoms with Crippen LogP contribution in [0.3, 0.4) is 0 Å². The van der Waals surface area contributed by atoms with Gasteiger partial charge in [-0.1, -0.05) is 13.8 Å². The normalized spacial score (nSPS) is 10.4. The number of carbonyl (C=O) groups excluding carboxylic acids is 1. The molecule has 0 saturated heterocycles. The lowest BCUT2D eigenvalue weighted by atomic mass is 9.97. The molecule has 0 aliphatic carbocycles. The molecule has 1 rings (SSSR count). The average Bonchev–Trinajstić information content (AvgIpc) is 2.34. The van der Waals surface area contributed by atoms with E-state index in [-0.39, 0.29) is 12.4 Å². The number of hydrogen-bond donors (Lipinski definition) is 1. The molecule has 0 saturated carbocycles. The topological polar surface area (TPSA) is 46.5 Å². The van der Waals surface area contributed by atoms with Crippen LogP contribution in [0.2, 0.25) is 0 Å². The number of carbonyl (C=O) groups is 1. The number of ketones is 1. The second-order valence-electron chi connectivity index (χ2n) is 4.05. The van der Waals surface area contributed by atoms with E-state index in [2.05, 4.69) is 0 Å². The van der Waals surface area contributed by atoms with Crippen molar-refractivity contribution in [2.75, 3.05) is 6.61 Å². The van der Waals surface area contributed by atoms with Crippen molar-refractivity contribution >= 4 is 5.78 Å². The number of aryl methyl sites for hydroxylation is 1. The predicted octanol–water partition coefficient (Wildman–Crippen LogP) is 2.87. The zero-order chi connectivity index (χ0) is 12.8. The minimum absolute atomic E-state index is 0.0408. The molecule has 0 aromatic heterocycles. The summed E-state index contributed by atoms with van der Waals surface area (Å²) in [5.41, 5.74) is 2.19. The second-order valence-corrected chi connectivity index (χ2v) is 4.05. The van der Waals surface area contributed by atoms with Gasteiger partial charge in [-0.2, -0.15) is 0 Å². The zero-order valence-electron chi connectivity index (χ0n) is 10.7. The number of rotatable bonds is 6. The molecule has 0 amide bonds. The lowest BCUT2D eigenvalue weighted by Crippen LogP contribution is -2.06. The average molecular weight is 236 g/mol. The standard InChI is InChI=1S/C14H20O3/c1-4-6-17-11-7-10(3)13(9-15)12(8-11)14(16)5-2/h7-8,15H,4-6,9H2,1-3H3. The van der Waals surface area contributed by atoms with Gasteiger partial charge in [0.1, 0.15) is 5.75 Å². The largest absolute Gasteiger partial charge is 0.494 e. The Kier molecular flexibility index (Phi) is 5.16. The Hall–Kier alpha value is -1.35. The number of benzene rings is 1. The Labute approximate surface area is 102 Å². The number of hydrogen-bond acceptors (Lipinski definition) is 3. The first-order valence-corrected chi connectivity index (χ1v) is 6.04. The summed E-state index contributed by atoms with van der Waals surface area (Å²) in [4.78, 5) is 11.8. The minimum Gasteiger partial charge on any atom is -0.494 e. The highest BCUT2D eigenvalue weighted by molar-refractivity contribution is 5.98. The van der Waals surface area contributed by atoms with E-state index < -0.39 is 0 Å². The molecule has 0 atom stereocenters. The summed E-state index contributed by atoms with van der Waals surface area (Å²) in [6.07, 6.45) is 1.36. The molecule has 94 valence electrons. The van der Waals surface area contributed by atoms with Crippen molar-refractivity contribution in [1.82, 2.24) is 0 Å². The first kappa shape index (κ1) is 13.7. The van der Waals surface area contributed by atoms with Crippen molar-refractivity contribution in [3.8, 4) is 5.75 Å². The first-order valence-electron chi connectivity index (χ1n) is 6.04. The van der Waals surface area contributed by atoms with Gasteiger partial charge in [-0.15, -0.1) is 0 Å². The van der Waals surface area contributed by atoms with Gasteiger partial charge < -0.3 is 9.84 Å². The summed E-state index contributed by atoms with van der Waals surface area (Å²) in [6, 6.07) is 3.60. The third-order valence-corrected chi connectivity index (χ3v) is 2.70. The van der Waals surface area contributed by atoms with Gasteiger partial charge in [0.25, 0.3) is 0 Å². The van der Waals surface area contributed by atoms with E-state index in [1.165, 1.54) is 0 Å². The Morgan fingerprint density at radius 2 is 2.06 bits per heavy atom. The lowest BCUT2D eigenvalue weighted by molar-refractivity contribution is 0.0984. The van der Waals surface area contributed by atoms with Crippen molar-refractivity contribution in [2.45, 2.75) is 40.2 Å². The van der Waals surface area contributed by atoms with Crippen LogP contribution in [0, 0.1) is 6.92 Å². The third-order valence-electron chi connectivity index (χ3n) is 2.70. The molecule has 0 aliphatic heterocycles. The molecule has 17 heavy (non-hydrogen) atoms. The minimum atomic E-state index is -0.110. The quantitative estimate of drug-likeness (QED) is 0.772. The maximum Gasteiger partial charge on any atom is 0.163 e. The van der Waals surface area contributed by atoms with Crippen molar-refractivity contribution in [1.29, 1.82) is 0 Å². The molecule has 0 spiro atoms. The Morgan fingerprint density at radius 3 is 2.59 bits per heavy atom. The summed E-state index contributed by atoms with van der Waals surface area (Å²) in [5.74, 6) is 0.748. The van der Waals surface area contributed by atoms with Crippen LogP contribution in [0.25, 0.3) is 0 Å². The Bertz CT molecular complexity index is 397. The molecule has 0 unspecified atom stereocenters. The maximum atomic E-state index is 11.8. The molecule has 1 aromatic carbocycles. The number of Topliss-reactive ketones (excluding diaryl/α,β-unsaturated/α-hetero) is 1. The molecule has 0 aliphatic rings. The summed E-state index contributed by atoms with van der Waals surface area (Å²) >= 11 is 0. The summed E-state index contributed by atoms with van der Waals surface area (Å²) < 4.78 is 5.54. The van der Waals surface area contributed by atoms with Crippen LogP contribution in [0.1, 0.15) is 48.2 Å². The van der Waals surface area contributed by atoms with Crippen LogP contribution < -0.4 is 4.74 Å². The Balaban J connectivity index is 3.14. The van der Waals surface area contributed by atoms with Crippen LogP contribution in [0.15, 0.2) is 12.1 Å². The highest BCUT2D eigenvalue weighted by atomic mass is 16.5. The highest BCUT2D eigenvalue weighted by Gasteiger charge is 2.13. The van der Waals surface area contributed by atoms with Gasteiger partial charge in [-0.3, -0.25) is 4.79 Å². The Morgan fingerprint density at radius 1 is 1.35 bits per heavy atom. The van der Waals surface area contributed by atoms with Crippen molar-refractivity contribution in [2.24, 2.45) is 0 Å². The monoisotopic (exact) mass is 236 g/mol. The van der Waals surface area contributed by atoms with Crippen LogP contribution in [-0.4, -0.2) is 17.5 Å². The van der Waals surface area contributed by atoms with Gasteiger partial charge in [-0.05, 0) is 36.6 Å². The molecule has 1 aromatic rings. The fourth-order valence-electron chi connectivity index (χ4n) is 1.74. The summed E-state index contributed by atoms with van der Waals surface area (Å²) in [6.45, 7) is 6.26. The summed E-state index contributed by atoms with van der Waals surface area (Å²) in [7, 11) is 0. The van der Waals surface area contributed by atoms with E-state index in [0.29, 0.717) is 29.9 Å². The molecule has 1 N–H and O–H groups in total. The third kappa shape index (κ3) is 3.30. The molecular weight excluding hydrogens is 216 g/mol. The van der Waals surface area contributed by atoms with Crippen molar-refractivity contribution in [3.63, 3.8) is 0 Å². The van der Waals surface area contributed by atoms with Crippen molar-refractivity contribution in [3.05, 3.63) is 28.8 Å². The van der Waals surface area contributed by atoms with Gasteiger partial charge in [0, 0.05) is 12.0 Å². The van der Waals surface area contributed by atoms with E-state index in [4.69, 9.17) is 4.74 Å². The van der Waals surface area contributed by atoms with E-state index in [0.717, 1.165) is 12.0 Å². The maximum absolute atomic E-state index is 11.8. The van der Waals surface area contributed by atoms with E-state index >= 15 is 0 Å². The number of ether oxygens (including phenoxy) is 1. The number of aliphatic hydroxyl groups excluding tert-OH is 1. The molecule has 0 bridgehead atoms. The van der Waals surface area contributed by atoms with Gasteiger partial charge >= 0.3 is 0 Å². The summed E-state index contributed by atoms with van der Waals surface area (Å²) in [5, 5.41) is 9.32. The fourth-order valence-corrected chi connectivity index (χ4v) is 1.74. The van der Waals surface area contributed by atoms with Gasteiger partial charge in [0.2, 0.25) is 0 Å². The molecule has 0 radical (unpaired) electrons. The lowest BCUT2D eigenvalue weighted by Gasteiger charge is -2.13. The van der Waals surface area contributed by atoms with Crippen LogP contribution in [0.4, 0.5) is 0 Å². The first-order chi connectivity index (χ1) is 8.13. The molecule has 3 heteroatoms. The smallest absolute Gasteiger partial charge is 0.163 e. The van der Waals surface area contributed by atoms with E-state index in [1.807, 2.05) is 26.8 Å². The van der Waals surface area contributed by atoms with E-state index in [1.54, 1.807) is 6.07 Å². The van der Waals surface area contributed by atoms with Crippen LogP contribution in [-0.2, 0) is 6.61 Å². The van der Waals surface area contributed by atoms with Crippen molar-refractivity contribution < 1.29 is 14.6 Å². The highest BCUT2D eigenvalue weighted by Crippen LogP contribution is 2.24. The van der Waals surface area contributed by atoms with Crippen LogP contribution >= 0.6 is 0 Å². The molecular formula is C14H20O3. The molecule has 0 heterocycles. The number of aliphatic hydroxyl groups is 1. The van der Waals surface area contributed by atoms with Gasteiger partial charge in [0.05, 0.1) is 13.2 Å². The van der Waals surface area contributed by atoms with Gasteiger partial charge in [-0.25, -0.2) is 0 Å². The SMILES string of the molecule is CCCOc1cc(C)c(CO)c(C(=O)CC)c1. The molecule has 3 nitrogen and oxygen atoms in total.